The van der Waals surface area contributed by atoms with Crippen LogP contribution in [0.4, 0.5) is 8.78 Å². The molecule has 0 amide bonds. The van der Waals surface area contributed by atoms with Crippen LogP contribution in [0.25, 0.3) is 0 Å². The molecule has 0 N–H and O–H groups in total. The van der Waals surface area contributed by atoms with E-state index in [1.54, 1.807) is 0 Å². The standard InChI is InChI=1S/C8H11F2O5.Na/c1-13-7(12)4(5(11)6(9)10)8(14-2)15-3;/h6,8H,1-3H3;. The van der Waals surface area contributed by atoms with E-state index < -0.39 is 27.1 Å². The number of ether oxygens (including phenoxy) is 3. The van der Waals surface area contributed by atoms with Crippen molar-refractivity contribution >= 4 is 39.7 Å². The van der Waals surface area contributed by atoms with Crippen molar-refractivity contribution in [2.75, 3.05) is 21.3 Å². The Morgan fingerprint density at radius 2 is 1.62 bits per heavy atom. The van der Waals surface area contributed by atoms with E-state index in [1.165, 1.54) is 0 Å². The monoisotopic (exact) mass is 248 g/mol. The molecule has 0 aromatic rings. The van der Waals surface area contributed by atoms with Crippen LogP contribution in [0, 0.1) is 0 Å². The molecule has 0 radical (unpaired) electrons. The molecule has 0 aliphatic rings. The van der Waals surface area contributed by atoms with Gasteiger partial charge in [-0.2, -0.15) is 0 Å². The van der Waals surface area contributed by atoms with Gasteiger partial charge in [0.05, 0.1) is 0 Å². The van der Waals surface area contributed by atoms with Gasteiger partial charge in [0, 0.05) is 0 Å². The van der Waals surface area contributed by atoms with Crippen LogP contribution in [0.5, 0.6) is 0 Å². The van der Waals surface area contributed by atoms with Crippen LogP contribution in [-0.4, -0.2) is 73.7 Å². The summed E-state index contributed by atoms with van der Waals surface area (Å²) in [6.07, 6.45) is -4.64. The third-order valence-electron chi connectivity index (χ3n) is 2.22. The molecular formula is C8H11F2NaO5. The van der Waals surface area contributed by atoms with E-state index in [-0.39, 0.29) is 27.9 Å². The molecule has 16 heavy (non-hydrogen) atoms. The average molecular weight is 248 g/mol. The molecule has 5 nitrogen and oxygen atoms in total. The number of alkyl halides is 2. The average Bonchev–Trinajstić information content (AvgIpc) is 2.27. The van der Waals surface area contributed by atoms with Crippen molar-refractivity contribution in [3.63, 3.8) is 0 Å². The van der Waals surface area contributed by atoms with Gasteiger partial charge in [-0.3, -0.25) is 0 Å². The number of hydrogen-bond acceptors (Lipinski definition) is 5. The molecule has 1 unspecified atom stereocenters. The summed E-state index contributed by atoms with van der Waals surface area (Å²) in [5.41, 5.74) is 0. The normalized spacial score (nSPS) is 15.1. The van der Waals surface area contributed by atoms with Gasteiger partial charge in [-0.05, 0) is 0 Å². The summed E-state index contributed by atoms with van der Waals surface area (Å²) in [6.45, 7) is 0. The van der Waals surface area contributed by atoms with Gasteiger partial charge in [0.15, 0.2) is 0 Å². The van der Waals surface area contributed by atoms with Crippen molar-refractivity contribution < 1.29 is 32.6 Å². The van der Waals surface area contributed by atoms with Crippen molar-refractivity contribution in [2.24, 2.45) is 0 Å². The van der Waals surface area contributed by atoms with E-state index in [4.69, 9.17) is 9.47 Å². The number of Topliss-reactive ketones (excluding diaryl/α,β-unsaturated/α-hetero) is 1. The van der Waals surface area contributed by atoms with Gasteiger partial charge < -0.3 is 0 Å². The van der Waals surface area contributed by atoms with Crippen LogP contribution >= 0.6 is 0 Å². The first-order valence-corrected chi connectivity index (χ1v) is 5.32. The first-order valence-electron chi connectivity index (χ1n) is 4.32. The Balaban J connectivity index is 5.33. The number of carbonyl (C=O) groups excluding carboxylic acids is 2. The number of halogens is 2. The number of ketones is 1. The zero-order valence-corrected chi connectivity index (χ0v) is 11.5. The summed E-state index contributed by atoms with van der Waals surface area (Å²) in [6, 6.07) is 0. The Morgan fingerprint density at radius 1 is 1.19 bits per heavy atom. The molecule has 0 saturated carbocycles. The first-order chi connectivity index (χ1) is 7.35. The van der Waals surface area contributed by atoms with Crippen molar-refractivity contribution in [3.05, 3.63) is 0 Å². The van der Waals surface area contributed by atoms with E-state index in [0.29, 0.717) is 0 Å². The molecule has 0 saturated heterocycles. The second-order valence-corrected chi connectivity index (χ2v) is 4.74. The second kappa shape index (κ2) is 6.61. The zero-order chi connectivity index (χ0) is 12.9. The zero-order valence-electron chi connectivity index (χ0n) is 9.45. The number of carbonyl (C=O) groups is 2. The van der Waals surface area contributed by atoms with Crippen molar-refractivity contribution in [2.45, 2.75) is 15.4 Å². The Bertz CT molecular complexity index is 269. The molecule has 88 valence electrons. The Labute approximate surface area is 109 Å². The van der Waals surface area contributed by atoms with Gasteiger partial charge in [-0.15, -0.1) is 0 Å². The fourth-order valence-electron chi connectivity index (χ4n) is 1.32. The van der Waals surface area contributed by atoms with E-state index in [2.05, 4.69) is 4.74 Å². The van der Waals surface area contributed by atoms with Crippen molar-refractivity contribution in [1.82, 2.24) is 0 Å². The van der Waals surface area contributed by atoms with Crippen LogP contribution in [0.2, 0.25) is 2.66 Å². The van der Waals surface area contributed by atoms with Gasteiger partial charge in [-0.1, -0.05) is 0 Å². The van der Waals surface area contributed by atoms with Gasteiger partial charge in [-0.25, -0.2) is 0 Å². The van der Waals surface area contributed by atoms with Crippen LogP contribution in [-0.2, 0) is 23.8 Å². The van der Waals surface area contributed by atoms with E-state index in [9.17, 15) is 18.4 Å². The van der Waals surface area contributed by atoms with E-state index in [0.717, 1.165) is 21.3 Å². The molecule has 8 heteroatoms. The van der Waals surface area contributed by atoms with Gasteiger partial charge in [0.1, 0.15) is 0 Å². The summed E-state index contributed by atoms with van der Waals surface area (Å²) >= 11 is -0.208. The number of esters is 1. The molecule has 0 bridgehead atoms. The molecule has 0 aromatic carbocycles. The summed E-state index contributed by atoms with van der Waals surface area (Å²) in [4.78, 5) is 22.8. The molecule has 0 aliphatic carbocycles. The molecule has 0 aromatic heterocycles. The predicted octanol–water partition coefficient (Wildman–Crippen LogP) is -0.0603. The molecular weight excluding hydrogens is 237 g/mol. The van der Waals surface area contributed by atoms with Crippen LogP contribution < -0.4 is 0 Å². The molecule has 0 spiro atoms. The van der Waals surface area contributed by atoms with Crippen molar-refractivity contribution in [3.8, 4) is 0 Å². The topological polar surface area (TPSA) is 61.8 Å². The summed E-state index contributed by atoms with van der Waals surface area (Å²) in [5.74, 6) is -2.61. The number of hydrogen-bond donors (Lipinski definition) is 0. The third kappa shape index (κ3) is 2.98. The summed E-state index contributed by atoms with van der Waals surface area (Å²) in [5, 5.41) is 0. The van der Waals surface area contributed by atoms with E-state index in [1.807, 2.05) is 0 Å². The maximum absolute atomic E-state index is 12.4. The Hall–Kier alpha value is -0.0800. The maximum atomic E-state index is 12.4. The number of methoxy groups -OCH3 is 3. The van der Waals surface area contributed by atoms with Crippen molar-refractivity contribution in [1.29, 1.82) is 0 Å². The Morgan fingerprint density at radius 3 is 1.88 bits per heavy atom. The minimum absolute atomic E-state index is 0.208. The van der Waals surface area contributed by atoms with Crippen LogP contribution in [0.15, 0.2) is 0 Å². The molecule has 1 atom stereocenters. The quantitative estimate of drug-likeness (QED) is 0.285. The second-order valence-electron chi connectivity index (χ2n) is 3.16. The van der Waals surface area contributed by atoms with Crippen LogP contribution in [0.3, 0.4) is 0 Å². The fraction of sp³-hybridized carbons (Fsp3) is 0.750. The van der Waals surface area contributed by atoms with Gasteiger partial charge >= 0.3 is 109 Å². The molecule has 0 rings (SSSR count). The first kappa shape index (κ1) is 15.9. The van der Waals surface area contributed by atoms with E-state index >= 15 is 0 Å². The Kier molecular flexibility index (Phi) is 6.57. The van der Waals surface area contributed by atoms with Crippen LogP contribution in [0.1, 0.15) is 0 Å². The molecule has 0 heterocycles. The summed E-state index contributed by atoms with van der Waals surface area (Å²) < 4.78 is 36.6. The van der Waals surface area contributed by atoms with Gasteiger partial charge in [0.25, 0.3) is 0 Å². The minimum atomic E-state index is -3.27. The SMILES string of the molecule is COC(=O)[C]([Na])(C(=O)C(F)F)C(OC)OC. The molecule has 0 fully saturated rings. The summed E-state index contributed by atoms with van der Waals surface area (Å²) in [7, 11) is 3.32. The fourth-order valence-corrected chi connectivity index (χ4v) is 2.21. The molecule has 0 aliphatic heterocycles. The third-order valence-corrected chi connectivity index (χ3v) is 3.59. The predicted molar refractivity (Wildman–Crippen MR) is 49.3 cm³/mol. The van der Waals surface area contributed by atoms with Gasteiger partial charge in [0.2, 0.25) is 0 Å². The number of rotatable bonds is 6.